The number of anilines is 1. The van der Waals surface area contributed by atoms with Crippen molar-refractivity contribution in [3.05, 3.63) is 59.9 Å². The number of pyridine rings is 1. The van der Waals surface area contributed by atoms with Gasteiger partial charge in [-0.15, -0.1) is 0 Å². The Morgan fingerprint density at radius 1 is 1.08 bits per heavy atom. The van der Waals surface area contributed by atoms with E-state index in [1.54, 1.807) is 0 Å². The molecule has 4 heteroatoms. The number of likely N-dealkylation sites (N-methyl/N-ethyl adjacent to an activating group) is 1. The monoisotopic (exact) mass is 339 g/mol. The average molecular weight is 339 g/mol. The third-order valence-electron chi connectivity index (χ3n) is 4.26. The zero-order valence-electron chi connectivity index (χ0n) is 15.7. The molecule has 4 nitrogen and oxygen atoms in total. The number of aromatic nitrogens is 1. The summed E-state index contributed by atoms with van der Waals surface area (Å²) in [6, 6.07) is 12.1. The molecular formula is C21H29N3O. The molecule has 0 unspecified atom stereocenters. The smallest absolute Gasteiger partial charge is 0.225 e. The zero-order chi connectivity index (χ0) is 18.3. The van der Waals surface area contributed by atoms with E-state index < -0.39 is 0 Å². The standard InChI is InChI=1S/C21H29N3O/c1-21(2,3)18-7-5-6-8-19(18)23-20(25)12-16-24(4)15-11-17-9-13-22-14-10-17/h5-10,13-14H,11-12,15-16H2,1-4H3,(H,23,25). The Kier molecular flexibility index (Phi) is 6.71. The van der Waals surface area contributed by atoms with Crippen molar-refractivity contribution in [3.8, 4) is 0 Å². The van der Waals surface area contributed by atoms with Crippen LogP contribution < -0.4 is 5.32 Å². The number of benzene rings is 1. The SMILES string of the molecule is CN(CCC(=O)Nc1ccccc1C(C)(C)C)CCc1ccncc1. The van der Waals surface area contributed by atoms with Gasteiger partial charge in [0.2, 0.25) is 5.91 Å². The van der Waals surface area contributed by atoms with Gasteiger partial charge in [-0.05, 0) is 48.2 Å². The molecule has 134 valence electrons. The molecule has 0 atom stereocenters. The highest BCUT2D eigenvalue weighted by molar-refractivity contribution is 5.91. The molecule has 0 aliphatic carbocycles. The lowest BCUT2D eigenvalue weighted by molar-refractivity contribution is -0.116. The molecule has 1 amide bonds. The van der Waals surface area contributed by atoms with Crippen molar-refractivity contribution in [1.29, 1.82) is 0 Å². The first kappa shape index (κ1) is 19.1. The third-order valence-corrected chi connectivity index (χ3v) is 4.26. The van der Waals surface area contributed by atoms with E-state index in [0.717, 1.165) is 30.8 Å². The van der Waals surface area contributed by atoms with Crippen molar-refractivity contribution in [1.82, 2.24) is 9.88 Å². The fourth-order valence-electron chi connectivity index (χ4n) is 2.73. The van der Waals surface area contributed by atoms with E-state index in [9.17, 15) is 4.79 Å². The van der Waals surface area contributed by atoms with Crippen LogP contribution in [-0.2, 0) is 16.6 Å². The molecule has 0 spiro atoms. The lowest BCUT2D eigenvalue weighted by Crippen LogP contribution is -2.27. The van der Waals surface area contributed by atoms with Gasteiger partial charge in [-0.25, -0.2) is 0 Å². The summed E-state index contributed by atoms with van der Waals surface area (Å²) < 4.78 is 0. The second-order valence-corrected chi connectivity index (χ2v) is 7.50. The Morgan fingerprint density at radius 3 is 2.44 bits per heavy atom. The first-order chi connectivity index (χ1) is 11.9. The van der Waals surface area contributed by atoms with Gasteiger partial charge in [0.1, 0.15) is 0 Å². The van der Waals surface area contributed by atoms with Crippen LogP contribution in [0.5, 0.6) is 0 Å². The molecule has 25 heavy (non-hydrogen) atoms. The Hall–Kier alpha value is -2.20. The first-order valence-corrected chi connectivity index (χ1v) is 8.83. The average Bonchev–Trinajstić information content (AvgIpc) is 2.58. The van der Waals surface area contributed by atoms with Crippen LogP contribution in [0.1, 0.15) is 38.3 Å². The summed E-state index contributed by atoms with van der Waals surface area (Å²) in [5.74, 6) is 0.0625. The van der Waals surface area contributed by atoms with Crippen LogP contribution in [0.4, 0.5) is 5.69 Å². The van der Waals surface area contributed by atoms with E-state index in [-0.39, 0.29) is 11.3 Å². The number of nitrogens with one attached hydrogen (secondary N) is 1. The molecule has 1 heterocycles. The molecule has 2 rings (SSSR count). The summed E-state index contributed by atoms with van der Waals surface area (Å²) >= 11 is 0. The predicted octanol–water partition coefficient (Wildman–Crippen LogP) is 3.88. The minimum atomic E-state index is 0.00516. The molecule has 2 aromatic rings. The fourth-order valence-corrected chi connectivity index (χ4v) is 2.73. The summed E-state index contributed by atoms with van der Waals surface area (Å²) in [5, 5.41) is 3.07. The van der Waals surface area contributed by atoms with Gasteiger partial charge in [0.05, 0.1) is 0 Å². The van der Waals surface area contributed by atoms with E-state index in [0.29, 0.717) is 6.42 Å². The fraction of sp³-hybridized carbons (Fsp3) is 0.429. The second kappa shape index (κ2) is 8.77. The predicted molar refractivity (Wildman–Crippen MR) is 104 cm³/mol. The summed E-state index contributed by atoms with van der Waals surface area (Å²) in [7, 11) is 2.05. The van der Waals surface area contributed by atoms with E-state index in [2.05, 4.69) is 49.1 Å². The minimum absolute atomic E-state index is 0.00516. The Morgan fingerprint density at radius 2 is 1.76 bits per heavy atom. The van der Waals surface area contributed by atoms with Crippen LogP contribution in [0.25, 0.3) is 0 Å². The number of rotatable bonds is 7. The van der Waals surface area contributed by atoms with E-state index in [1.807, 2.05) is 42.7 Å². The maximum atomic E-state index is 12.3. The van der Waals surface area contributed by atoms with Crippen LogP contribution in [0.3, 0.4) is 0 Å². The first-order valence-electron chi connectivity index (χ1n) is 8.83. The zero-order valence-corrected chi connectivity index (χ0v) is 15.7. The van der Waals surface area contributed by atoms with Gasteiger partial charge in [-0.2, -0.15) is 0 Å². The summed E-state index contributed by atoms with van der Waals surface area (Å²) in [5.41, 5.74) is 3.35. The minimum Gasteiger partial charge on any atom is -0.326 e. The summed E-state index contributed by atoms with van der Waals surface area (Å²) in [6.07, 6.45) is 5.09. The van der Waals surface area contributed by atoms with Crippen molar-refractivity contribution in [2.45, 2.75) is 39.0 Å². The van der Waals surface area contributed by atoms with Crippen LogP contribution in [-0.4, -0.2) is 35.9 Å². The highest BCUT2D eigenvalue weighted by atomic mass is 16.1. The van der Waals surface area contributed by atoms with Gasteiger partial charge in [-0.3, -0.25) is 9.78 Å². The van der Waals surface area contributed by atoms with Gasteiger partial charge < -0.3 is 10.2 Å². The van der Waals surface area contributed by atoms with Crippen LogP contribution in [0.2, 0.25) is 0 Å². The van der Waals surface area contributed by atoms with E-state index >= 15 is 0 Å². The largest absolute Gasteiger partial charge is 0.326 e. The Labute approximate surface area is 151 Å². The molecule has 0 bridgehead atoms. The lowest BCUT2D eigenvalue weighted by atomic mass is 9.86. The number of carbonyl (C=O) groups is 1. The van der Waals surface area contributed by atoms with Gasteiger partial charge in [0, 0.05) is 37.6 Å². The lowest BCUT2D eigenvalue weighted by Gasteiger charge is -2.23. The van der Waals surface area contributed by atoms with Gasteiger partial charge in [-0.1, -0.05) is 39.0 Å². The molecule has 0 aliphatic rings. The molecule has 1 N–H and O–H groups in total. The molecule has 0 radical (unpaired) electrons. The van der Waals surface area contributed by atoms with Gasteiger partial charge >= 0.3 is 0 Å². The molecular weight excluding hydrogens is 310 g/mol. The van der Waals surface area contributed by atoms with Gasteiger partial charge in [0.15, 0.2) is 0 Å². The second-order valence-electron chi connectivity index (χ2n) is 7.50. The number of nitrogens with zero attached hydrogens (tertiary/aromatic N) is 2. The van der Waals surface area contributed by atoms with Crippen molar-refractivity contribution in [2.24, 2.45) is 0 Å². The van der Waals surface area contributed by atoms with Crippen LogP contribution >= 0.6 is 0 Å². The van der Waals surface area contributed by atoms with Crippen LogP contribution in [0, 0.1) is 0 Å². The summed E-state index contributed by atoms with van der Waals surface area (Å²) in [4.78, 5) is 18.5. The van der Waals surface area contributed by atoms with Crippen molar-refractivity contribution < 1.29 is 4.79 Å². The molecule has 1 aromatic heterocycles. The quantitative estimate of drug-likeness (QED) is 0.832. The Bertz CT molecular complexity index is 677. The maximum absolute atomic E-state index is 12.3. The number of amides is 1. The van der Waals surface area contributed by atoms with Crippen LogP contribution in [0.15, 0.2) is 48.8 Å². The number of hydrogen-bond donors (Lipinski definition) is 1. The van der Waals surface area contributed by atoms with E-state index in [4.69, 9.17) is 0 Å². The molecule has 0 fully saturated rings. The van der Waals surface area contributed by atoms with Crippen molar-refractivity contribution in [2.75, 3.05) is 25.5 Å². The summed E-state index contributed by atoms with van der Waals surface area (Å²) in [6.45, 7) is 8.14. The molecule has 1 aromatic carbocycles. The molecule has 0 saturated carbocycles. The number of hydrogen-bond acceptors (Lipinski definition) is 3. The van der Waals surface area contributed by atoms with Gasteiger partial charge in [0.25, 0.3) is 0 Å². The topological polar surface area (TPSA) is 45.2 Å². The maximum Gasteiger partial charge on any atom is 0.225 e. The van der Waals surface area contributed by atoms with E-state index in [1.165, 1.54) is 5.56 Å². The normalized spacial score (nSPS) is 11.6. The number of carbonyl (C=O) groups excluding carboxylic acids is 1. The highest BCUT2D eigenvalue weighted by Crippen LogP contribution is 2.29. The van der Waals surface area contributed by atoms with Crippen molar-refractivity contribution in [3.63, 3.8) is 0 Å². The Balaban J connectivity index is 1.81. The van der Waals surface area contributed by atoms with Crippen molar-refractivity contribution >= 4 is 11.6 Å². The highest BCUT2D eigenvalue weighted by Gasteiger charge is 2.18. The third kappa shape index (κ3) is 6.31. The number of para-hydroxylation sites is 1. The molecule has 0 aliphatic heterocycles. The molecule has 0 saturated heterocycles.